The summed E-state index contributed by atoms with van der Waals surface area (Å²) in [7, 11) is 0. The molecule has 106 valence electrons. The molecule has 0 spiro atoms. The summed E-state index contributed by atoms with van der Waals surface area (Å²) in [6, 6.07) is 8.25. The van der Waals surface area contributed by atoms with Crippen molar-refractivity contribution < 1.29 is 4.79 Å². The van der Waals surface area contributed by atoms with Gasteiger partial charge in [0, 0.05) is 33.2 Å². The van der Waals surface area contributed by atoms with Crippen LogP contribution in [0.4, 0.5) is 5.69 Å². The van der Waals surface area contributed by atoms with Gasteiger partial charge in [-0.3, -0.25) is 4.79 Å². The predicted molar refractivity (Wildman–Crippen MR) is 87.6 cm³/mol. The molecule has 1 aromatic heterocycles. The van der Waals surface area contributed by atoms with Crippen LogP contribution in [0.15, 0.2) is 36.5 Å². The smallest absolute Gasteiger partial charge is 0.197 e. The highest BCUT2D eigenvalue weighted by Crippen LogP contribution is 2.33. The zero-order valence-corrected chi connectivity index (χ0v) is 12.9. The van der Waals surface area contributed by atoms with E-state index in [9.17, 15) is 4.79 Å². The van der Waals surface area contributed by atoms with E-state index in [1.165, 1.54) is 0 Å². The molecule has 2 aromatic carbocycles. The molecule has 3 N–H and O–H groups in total. The lowest BCUT2D eigenvalue weighted by molar-refractivity contribution is 0.104. The number of benzene rings is 2. The van der Waals surface area contributed by atoms with Crippen LogP contribution in [0.1, 0.15) is 15.9 Å². The molecule has 0 aliphatic rings. The van der Waals surface area contributed by atoms with Crippen molar-refractivity contribution >= 4 is 57.2 Å². The van der Waals surface area contributed by atoms with Crippen LogP contribution in [-0.4, -0.2) is 10.8 Å². The zero-order chi connectivity index (χ0) is 15.1. The van der Waals surface area contributed by atoms with Crippen LogP contribution in [0.2, 0.25) is 15.1 Å². The van der Waals surface area contributed by atoms with Gasteiger partial charge in [-0.1, -0.05) is 40.9 Å². The van der Waals surface area contributed by atoms with E-state index in [4.69, 9.17) is 40.5 Å². The Kier molecular flexibility index (Phi) is 3.57. The Balaban J connectivity index is 2.21. The second kappa shape index (κ2) is 5.26. The van der Waals surface area contributed by atoms with Crippen molar-refractivity contribution in [3.05, 3.63) is 62.7 Å². The van der Waals surface area contributed by atoms with Crippen LogP contribution in [0, 0.1) is 0 Å². The summed E-state index contributed by atoms with van der Waals surface area (Å²) in [5.74, 6) is -0.245. The quantitative estimate of drug-likeness (QED) is 0.513. The van der Waals surface area contributed by atoms with Crippen molar-refractivity contribution in [1.82, 2.24) is 4.98 Å². The SMILES string of the molecule is Nc1c(Cl)cccc1C(=O)c1c[nH]c2cc(Cl)cc(Cl)c12. The van der Waals surface area contributed by atoms with Gasteiger partial charge in [-0.05, 0) is 24.3 Å². The maximum absolute atomic E-state index is 12.7. The number of aromatic amines is 1. The molecular formula is C15H9Cl3N2O. The normalized spacial score (nSPS) is 11.0. The minimum Gasteiger partial charge on any atom is -0.397 e. The Labute approximate surface area is 135 Å². The minimum atomic E-state index is -0.245. The number of nitrogen functional groups attached to an aromatic ring is 1. The lowest BCUT2D eigenvalue weighted by atomic mass is 10.0. The summed E-state index contributed by atoms with van der Waals surface area (Å²) in [5.41, 5.74) is 7.60. The van der Waals surface area contributed by atoms with Crippen LogP contribution < -0.4 is 5.73 Å². The van der Waals surface area contributed by atoms with Crippen molar-refractivity contribution in [2.45, 2.75) is 0 Å². The van der Waals surface area contributed by atoms with E-state index in [0.29, 0.717) is 37.1 Å². The highest BCUT2D eigenvalue weighted by Gasteiger charge is 2.19. The number of rotatable bonds is 2. The number of hydrogen-bond donors (Lipinski definition) is 2. The first kappa shape index (κ1) is 14.3. The second-order valence-electron chi connectivity index (χ2n) is 4.54. The molecule has 21 heavy (non-hydrogen) atoms. The van der Waals surface area contributed by atoms with Gasteiger partial charge in [0.2, 0.25) is 0 Å². The molecule has 0 aliphatic carbocycles. The number of carbonyl (C=O) groups excluding carboxylic acids is 1. The number of para-hydroxylation sites is 1. The van der Waals surface area contributed by atoms with Gasteiger partial charge in [-0.2, -0.15) is 0 Å². The molecule has 0 atom stereocenters. The Morgan fingerprint density at radius 3 is 2.57 bits per heavy atom. The summed E-state index contributed by atoms with van der Waals surface area (Å²) in [6.07, 6.45) is 1.59. The third-order valence-electron chi connectivity index (χ3n) is 3.24. The summed E-state index contributed by atoms with van der Waals surface area (Å²) < 4.78 is 0. The number of anilines is 1. The van der Waals surface area contributed by atoms with Crippen molar-refractivity contribution in [2.75, 3.05) is 5.73 Å². The summed E-state index contributed by atoms with van der Waals surface area (Å²) >= 11 is 18.1. The summed E-state index contributed by atoms with van der Waals surface area (Å²) in [6.45, 7) is 0. The Morgan fingerprint density at radius 2 is 1.81 bits per heavy atom. The number of H-pyrrole nitrogens is 1. The number of nitrogens with two attached hydrogens (primary N) is 1. The topological polar surface area (TPSA) is 58.9 Å². The van der Waals surface area contributed by atoms with E-state index in [-0.39, 0.29) is 11.5 Å². The van der Waals surface area contributed by atoms with Crippen molar-refractivity contribution in [1.29, 1.82) is 0 Å². The molecule has 3 nitrogen and oxygen atoms in total. The molecule has 3 rings (SSSR count). The molecule has 3 aromatic rings. The molecule has 0 saturated carbocycles. The average Bonchev–Trinajstić information content (AvgIpc) is 2.85. The summed E-state index contributed by atoms with van der Waals surface area (Å²) in [4.78, 5) is 15.7. The Morgan fingerprint density at radius 1 is 1.05 bits per heavy atom. The Hall–Kier alpha value is -1.68. The number of carbonyl (C=O) groups is 1. The van der Waals surface area contributed by atoms with Crippen LogP contribution >= 0.6 is 34.8 Å². The Bertz CT molecular complexity index is 871. The second-order valence-corrected chi connectivity index (χ2v) is 5.79. The molecule has 0 aliphatic heterocycles. The van der Waals surface area contributed by atoms with Gasteiger partial charge in [-0.15, -0.1) is 0 Å². The van der Waals surface area contributed by atoms with Crippen LogP contribution in [-0.2, 0) is 0 Å². The number of fused-ring (bicyclic) bond motifs is 1. The number of ketones is 1. The van der Waals surface area contributed by atoms with Crippen LogP contribution in [0.5, 0.6) is 0 Å². The molecule has 0 saturated heterocycles. The number of nitrogens with one attached hydrogen (secondary N) is 1. The van der Waals surface area contributed by atoms with E-state index in [1.807, 2.05) is 0 Å². The fraction of sp³-hybridized carbons (Fsp3) is 0. The maximum Gasteiger partial charge on any atom is 0.197 e. The molecule has 1 heterocycles. The van der Waals surface area contributed by atoms with Gasteiger partial charge >= 0.3 is 0 Å². The number of hydrogen-bond acceptors (Lipinski definition) is 2. The van der Waals surface area contributed by atoms with E-state index in [0.717, 1.165) is 0 Å². The van der Waals surface area contributed by atoms with Crippen molar-refractivity contribution in [2.24, 2.45) is 0 Å². The molecule has 0 radical (unpaired) electrons. The first-order valence-corrected chi connectivity index (χ1v) is 7.17. The first-order chi connectivity index (χ1) is 9.99. The van der Waals surface area contributed by atoms with Gasteiger partial charge < -0.3 is 10.7 Å². The zero-order valence-electron chi connectivity index (χ0n) is 10.6. The van der Waals surface area contributed by atoms with Gasteiger partial charge in [0.15, 0.2) is 5.78 Å². The van der Waals surface area contributed by atoms with E-state index in [2.05, 4.69) is 4.98 Å². The lowest BCUT2D eigenvalue weighted by Crippen LogP contribution is -2.05. The van der Waals surface area contributed by atoms with Crippen molar-refractivity contribution in [3.8, 4) is 0 Å². The number of halogens is 3. The fourth-order valence-corrected chi connectivity index (χ4v) is 3.01. The highest BCUT2D eigenvalue weighted by atomic mass is 35.5. The van der Waals surface area contributed by atoms with E-state index >= 15 is 0 Å². The first-order valence-electron chi connectivity index (χ1n) is 6.04. The monoisotopic (exact) mass is 338 g/mol. The van der Waals surface area contributed by atoms with Gasteiger partial charge in [0.05, 0.1) is 15.7 Å². The van der Waals surface area contributed by atoms with Crippen LogP contribution in [0.3, 0.4) is 0 Å². The lowest BCUT2D eigenvalue weighted by Gasteiger charge is -2.06. The van der Waals surface area contributed by atoms with Gasteiger partial charge in [0.1, 0.15) is 0 Å². The van der Waals surface area contributed by atoms with Gasteiger partial charge in [0.25, 0.3) is 0 Å². The van der Waals surface area contributed by atoms with E-state index < -0.39 is 0 Å². The standard InChI is InChI=1S/C15H9Cl3N2O/c16-7-4-11(18)13-9(6-20-12(13)5-7)15(21)8-2-1-3-10(17)14(8)19/h1-6,20H,19H2. The fourth-order valence-electron chi connectivity index (χ4n) is 2.24. The third kappa shape index (κ3) is 2.38. The largest absolute Gasteiger partial charge is 0.397 e. The van der Waals surface area contributed by atoms with E-state index in [1.54, 1.807) is 36.5 Å². The molecule has 0 fully saturated rings. The molecule has 0 unspecified atom stereocenters. The van der Waals surface area contributed by atoms with Crippen molar-refractivity contribution in [3.63, 3.8) is 0 Å². The molecule has 6 heteroatoms. The number of aromatic nitrogens is 1. The average molecular weight is 340 g/mol. The molecular weight excluding hydrogens is 331 g/mol. The highest BCUT2D eigenvalue weighted by molar-refractivity contribution is 6.40. The summed E-state index contributed by atoms with van der Waals surface area (Å²) in [5, 5.41) is 1.86. The maximum atomic E-state index is 12.7. The predicted octanol–water partition coefficient (Wildman–Crippen LogP) is 4.94. The third-order valence-corrected chi connectivity index (χ3v) is 4.08. The minimum absolute atomic E-state index is 0.245. The molecule has 0 bridgehead atoms. The molecule has 0 amide bonds. The van der Waals surface area contributed by atoms with Gasteiger partial charge in [-0.25, -0.2) is 0 Å². The van der Waals surface area contributed by atoms with Crippen LogP contribution in [0.25, 0.3) is 10.9 Å².